The van der Waals surface area contributed by atoms with Gasteiger partial charge in [0.05, 0.1) is 33.4 Å². The average molecular weight is 440 g/mol. The van der Waals surface area contributed by atoms with Crippen molar-refractivity contribution < 1.29 is 4.39 Å². The van der Waals surface area contributed by atoms with Crippen molar-refractivity contribution in [3.05, 3.63) is 105 Å². The SMILES string of the molecule is CC(=Nc1ccc(Cl)cc1Cl)c1c(-c2ccccc2)[nH]n(-c2ccc(F)cc2)c1=O. The highest BCUT2D eigenvalue weighted by molar-refractivity contribution is 6.36. The first-order valence-electron chi connectivity index (χ1n) is 9.11. The van der Waals surface area contributed by atoms with E-state index in [4.69, 9.17) is 23.2 Å². The summed E-state index contributed by atoms with van der Waals surface area (Å²) in [6, 6.07) is 20.1. The van der Waals surface area contributed by atoms with Gasteiger partial charge in [-0.05, 0) is 49.4 Å². The molecule has 0 unspecified atom stereocenters. The van der Waals surface area contributed by atoms with Crippen molar-refractivity contribution in [3.8, 4) is 16.9 Å². The number of aromatic nitrogens is 2. The maximum absolute atomic E-state index is 13.4. The van der Waals surface area contributed by atoms with Gasteiger partial charge >= 0.3 is 0 Å². The van der Waals surface area contributed by atoms with Crippen LogP contribution in [-0.2, 0) is 0 Å². The number of rotatable bonds is 4. The minimum atomic E-state index is -0.378. The third-order valence-corrected chi connectivity index (χ3v) is 5.14. The Morgan fingerprint density at radius 1 is 1.00 bits per heavy atom. The molecule has 4 rings (SSSR count). The zero-order valence-electron chi connectivity index (χ0n) is 15.9. The number of H-pyrrole nitrogens is 1. The molecule has 30 heavy (non-hydrogen) atoms. The first kappa shape index (κ1) is 20.1. The topological polar surface area (TPSA) is 50.1 Å². The summed E-state index contributed by atoms with van der Waals surface area (Å²) >= 11 is 12.2. The van der Waals surface area contributed by atoms with Crippen LogP contribution in [0.2, 0.25) is 10.0 Å². The lowest BCUT2D eigenvalue weighted by atomic mass is 10.1. The van der Waals surface area contributed by atoms with E-state index in [1.807, 2.05) is 30.3 Å². The van der Waals surface area contributed by atoms with E-state index in [0.29, 0.717) is 38.4 Å². The molecule has 0 aliphatic heterocycles. The second-order valence-corrected chi connectivity index (χ2v) is 7.48. The molecular formula is C23H16Cl2FN3O. The van der Waals surface area contributed by atoms with Gasteiger partial charge in [0.25, 0.3) is 5.56 Å². The summed E-state index contributed by atoms with van der Waals surface area (Å²) in [6.45, 7) is 1.75. The Bertz CT molecular complexity index is 1290. The van der Waals surface area contributed by atoms with Crippen LogP contribution in [-0.4, -0.2) is 15.5 Å². The van der Waals surface area contributed by atoms with Gasteiger partial charge in [-0.25, -0.2) is 9.07 Å². The fourth-order valence-corrected chi connectivity index (χ4v) is 3.62. The lowest BCUT2D eigenvalue weighted by Crippen LogP contribution is -2.19. The number of nitrogens with one attached hydrogen (secondary N) is 1. The summed E-state index contributed by atoms with van der Waals surface area (Å²) in [6.07, 6.45) is 0. The number of aromatic amines is 1. The average Bonchev–Trinajstić information content (AvgIpc) is 3.08. The minimum absolute atomic E-state index is 0.299. The number of nitrogens with zero attached hydrogens (tertiary/aromatic N) is 2. The predicted octanol–water partition coefficient (Wildman–Crippen LogP) is 6.42. The summed E-state index contributed by atoms with van der Waals surface area (Å²) in [5, 5.41) is 4.03. The van der Waals surface area contributed by atoms with E-state index < -0.39 is 0 Å². The summed E-state index contributed by atoms with van der Waals surface area (Å²) in [4.78, 5) is 17.9. The third kappa shape index (κ3) is 3.95. The van der Waals surface area contributed by atoms with Crippen LogP contribution in [0.25, 0.3) is 16.9 Å². The van der Waals surface area contributed by atoms with Gasteiger partial charge < -0.3 is 0 Å². The molecular weight excluding hydrogens is 424 g/mol. The lowest BCUT2D eigenvalue weighted by molar-refractivity contribution is 0.627. The van der Waals surface area contributed by atoms with E-state index in [1.54, 1.807) is 25.1 Å². The maximum Gasteiger partial charge on any atom is 0.280 e. The van der Waals surface area contributed by atoms with Crippen LogP contribution in [0.4, 0.5) is 10.1 Å². The van der Waals surface area contributed by atoms with E-state index in [0.717, 1.165) is 5.56 Å². The molecule has 0 aliphatic rings. The molecule has 0 fully saturated rings. The molecule has 1 N–H and O–H groups in total. The molecule has 0 radical (unpaired) electrons. The molecule has 4 nitrogen and oxygen atoms in total. The van der Waals surface area contributed by atoms with Crippen molar-refractivity contribution in [2.75, 3.05) is 0 Å². The van der Waals surface area contributed by atoms with Gasteiger partial charge in [0, 0.05) is 10.6 Å². The quantitative estimate of drug-likeness (QED) is 0.366. The van der Waals surface area contributed by atoms with Crippen molar-refractivity contribution in [3.63, 3.8) is 0 Å². The number of aliphatic imine (C=N–C) groups is 1. The highest BCUT2D eigenvalue weighted by Crippen LogP contribution is 2.29. The minimum Gasteiger partial charge on any atom is -0.290 e. The first-order chi connectivity index (χ1) is 14.4. The molecule has 3 aromatic carbocycles. The Balaban J connectivity index is 1.92. The van der Waals surface area contributed by atoms with Crippen LogP contribution >= 0.6 is 23.2 Å². The molecule has 0 saturated heterocycles. The van der Waals surface area contributed by atoms with Crippen molar-refractivity contribution >= 4 is 34.6 Å². The zero-order chi connectivity index (χ0) is 21.3. The number of hydrogen-bond donors (Lipinski definition) is 1. The van der Waals surface area contributed by atoms with Crippen LogP contribution < -0.4 is 5.56 Å². The maximum atomic E-state index is 13.4. The van der Waals surface area contributed by atoms with Gasteiger partial charge in [0.15, 0.2) is 0 Å². The Hall–Kier alpha value is -3.15. The summed E-state index contributed by atoms with van der Waals surface area (Å²) in [7, 11) is 0. The molecule has 0 bridgehead atoms. The normalized spacial score (nSPS) is 11.7. The van der Waals surface area contributed by atoms with E-state index in [-0.39, 0.29) is 11.4 Å². The fourth-order valence-electron chi connectivity index (χ4n) is 3.17. The largest absolute Gasteiger partial charge is 0.290 e. The second-order valence-electron chi connectivity index (χ2n) is 6.64. The van der Waals surface area contributed by atoms with Crippen molar-refractivity contribution in [1.82, 2.24) is 9.78 Å². The number of benzene rings is 3. The van der Waals surface area contributed by atoms with Crippen molar-refractivity contribution in [1.29, 1.82) is 0 Å². The molecule has 7 heteroatoms. The van der Waals surface area contributed by atoms with Gasteiger partial charge in [-0.1, -0.05) is 53.5 Å². The van der Waals surface area contributed by atoms with E-state index >= 15 is 0 Å². The smallest absolute Gasteiger partial charge is 0.280 e. The van der Waals surface area contributed by atoms with Crippen LogP contribution in [0, 0.1) is 5.82 Å². The predicted molar refractivity (Wildman–Crippen MR) is 120 cm³/mol. The van der Waals surface area contributed by atoms with Gasteiger partial charge in [-0.3, -0.25) is 14.9 Å². The van der Waals surface area contributed by atoms with Crippen LogP contribution in [0.15, 0.2) is 82.6 Å². The monoisotopic (exact) mass is 439 g/mol. The summed E-state index contributed by atoms with van der Waals surface area (Å²) in [5.41, 5.74) is 3.04. The second kappa shape index (κ2) is 8.30. The van der Waals surface area contributed by atoms with Gasteiger partial charge in [0.2, 0.25) is 0 Å². The Labute approximate surface area is 182 Å². The lowest BCUT2D eigenvalue weighted by Gasteiger charge is -2.04. The van der Waals surface area contributed by atoms with Gasteiger partial charge in [-0.2, -0.15) is 0 Å². The van der Waals surface area contributed by atoms with E-state index in [9.17, 15) is 9.18 Å². The van der Waals surface area contributed by atoms with Crippen LogP contribution in [0.3, 0.4) is 0 Å². The Morgan fingerprint density at radius 2 is 1.70 bits per heavy atom. The molecule has 4 aromatic rings. The molecule has 0 saturated carbocycles. The third-order valence-electron chi connectivity index (χ3n) is 4.60. The summed E-state index contributed by atoms with van der Waals surface area (Å²) in [5.74, 6) is -0.378. The molecule has 0 spiro atoms. The zero-order valence-corrected chi connectivity index (χ0v) is 17.4. The van der Waals surface area contributed by atoms with Crippen molar-refractivity contribution in [2.24, 2.45) is 4.99 Å². The van der Waals surface area contributed by atoms with Gasteiger partial charge in [-0.15, -0.1) is 0 Å². The van der Waals surface area contributed by atoms with Crippen LogP contribution in [0.1, 0.15) is 12.5 Å². The fraction of sp³-hybridized carbons (Fsp3) is 0.0435. The highest BCUT2D eigenvalue weighted by Gasteiger charge is 2.19. The van der Waals surface area contributed by atoms with Crippen molar-refractivity contribution in [2.45, 2.75) is 6.92 Å². The molecule has 150 valence electrons. The number of hydrogen-bond acceptors (Lipinski definition) is 2. The highest BCUT2D eigenvalue weighted by atomic mass is 35.5. The standard InChI is InChI=1S/C23H16Cl2FN3O/c1-14(27-20-12-7-16(24)13-19(20)25)21-22(15-5-3-2-4-6-15)28-29(23(21)30)18-10-8-17(26)9-11-18/h2-13,28H,1H3. The van der Waals surface area contributed by atoms with E-state index in [1.165, 1.54) is 28.9 Å². The van der Waals surface area contributed by atoms with E-state index in [2.05, 4.69) is 10.1 Å². The molecule has 1 heterocycles. The first-order valence-corrected chi connectivity index (χ1v) is 9.87. The summed E-state index contributed by atoms with van der Waals surface area (Å²) < 4.78 is 14.7. The molecule has 1 aromatic heterocycles. The molecule has 0 atom stereocenters. The molecule has 0 amide bonds. The van der Waals surface area contributed by atoms with Gasteiger partial charge in [0.1, 0.15) is 5.82 Å². The van der Waals surface area contributed by atoms with Crippen LogP contribution in [0.5, 0.6) is 0 Å². The Kier molecular flexibility index (Phi) is 5.57. The molecule has 0 aliphatic carbocycles. The number of halogens is 3. The Morgan fingerprint density at radius 3 is 2.37 bits per heavy atom.